The van der Waals surface area contributed by atoms with Gasteiger partial charge in [0.2, 0.25) is 6.10 Å². The highest BCUT2D eigenvalue weighted by Gasteiger charge is 2.52. The van der Waals surface area contributed by atoms with Crippen LogP contribution in [0.2, 0.25) is 0 Å². The van der Waals surface area contributed by atoms with Crippen molar-refractivity contribution >= 4 is 42.0 Å². The van der Waals surface area contributed by atoms with Gasteiger partial charge in [0.05, 0.1) is 93.4 Å². The Morgan fingerprint density at radius 2 is 0.986 bits per heavy atom. The van der Waals surface area contributed by atoms with E-state index in [-0.39, 0.29) is 72.7 Å². The number of aryl methyl sites for hydroxylation is 7. The monoisotopic (exact) mass is 2030 g/mol. The first-order valence-electron chi connectivity index (χ1n) is 48.1. The van der Waals surface area contributed by atoms with Crippen molar-refractivity contribution in [2.24, 2.45) is 29.6 Å². The van der Waals surface area contributed by atoms with E-state index in [4.69, 9.17) is 68.5 Å². The summed E-state index contributed by atoms with van der Waals surface area (Å²) in [5.74, 6) is -7.30. The second-order valence-corrected chi connectivity index (χ2v) is 38.0. The lowest BCUT2D eigenvalue weighted by atomic mass is 9.77. The topological polar surface area (TPSA) is 674 Å². The minimum absolute atomic E-state index is 0.0197. The maximum atomic E-state index is 12.8. The Labute approximate surface area is 837 Å². The van der Waals surface area contributed by atoms with Gasteiger partial charge in [-0.05, 0) is 222 Å². The molecule has 2 aliphatic carbocycles. The normalized spacial score (nSPS) is 30.4. The molecule has 39 nitrogen and oxygen atoms in total. The zero-order valence-corrected chi connectivity index (χ0v) is 83.4. The smallest absolute Gasteiger partial charge is 0.345 e. The standard InChI is InChI=1S/C31H40O14.C25H40O8.C15H16O7.C11H14O3.C9H12.C8H16O3.C6H12O4/c1-15-3-4-17(12-20(15)34)6-8-23(35)45-29-22(14-42-31-27(39)25(37)24(36)21(13-32)43-31)44-30(28(40)26(29)38)41-10-9-18-5-7-19(33)16(2)11-18;1-13-8-9-16(11-17(13)27)6-4-5-7-18-23(30)25(15(3)20(12-26)32-18)33-19-10-14(2)21(28)24(31)22(19)29;1-8-3-4-10(7-11(8)16)5-6-12(17)22-13(15(20)21)9(2)14(18)19;1-7-3-4-9(6-10(7)12)5-8(2)11(13)14;1-2-6-9-7-4-3-5-8-9;1-5-3-8(2,11)4-6(9)7(5)10;1-3-5(8)6(9)4(7)2-10-3/h3-8,11-12,21-22,24-34,36-40H,9-10,13-14H2,1-2H3;8-9,11,14-15,18-31H,4-7,10,12H2,1-3H3;3-7,9,13,16H,1-2H3,(H,18,19)(H,20,21);3-4,6,8,12H,5H2,1-2H3,(H,13,14);3-5,7-8H,2,6H2,1H3;5-7,9-11H,3-4H2,1-2H3;3-9H,2H2,1H3/b8-6+;;6-5+;;;;/t21?,22?,24-,25-,26+,27?,28?,29-,30-,31-;;;;;;3?,4?,5-,6+/m1.....0/s1. The number of carbonyl (C=O) groups excluding carboxylic acids is 2. The third kappa shape index (κ3) is 37.8. The number of carboxylic acids is 3. The molecule has 804 valence electrons. The number of hydrogen-bond donors (Lipinski definition) is 25. The fraction of sp³-hybridized carbons (Fsp3) is 0.571. The van der Waals surface area contributed by atoms with Crippen LogP contribution in [0.4, 0.5) is 0 Å². The summed E-state index contributed by atoms with van der Waals surface area (Å²) in [6.07, 6.45) is -16.8. The Morgan fingerprint density at radius 3 is 1.52 bits per heavy atom. The molecule has 4 aliphatic heterocycles. The van der Waals surface area contributed by atoms with Crippen molar-refractivity contribution in [1.29, 1.82) is 0 Å². The van der Waals surface area contributed by atoms with Crippen molar-refractivity contribution < 1.29 is 194 Å². The number of aromatic hydroxyl groups is 5. The Morgan fingerprint density at radius 1 is 0.458 bits per heavy atom. The zero-order valence-electron chi connectivity index (χ0n) is 83.4. The van der Waals surface area contributed by atoms with E-state index in [9.17, 15) is 121 Å². The van der Waals surface area contributed by atoms with Gasteiger partial charge in [-0.1, -0.05) is 138 Å². The van der Waals surface area contributed by atoms with Gasteiger partial charge in [-0.2, -0.15) is 0 Å². The number of rotatable bonds is 30. The number of carboxylic acid groups (broad SMARTS) is 3. The number of phenols is 5. The molecule has 6 aromatic carbocycles. The fourth-order valence-corrected chi connectivity index (χ4v) is 16.5. The van der Waals surface area contributed by atoms with Crippen LogP contribution in [0.1, 0.15) is 162 Å². The molecule has 25 N–H and O–H groups in total. The zero-order chi connectivity index (χ0) is 108. The van der Waals surface area contributed by atoms with E-state index in [1.165, 1.54) is 42.7 Å². The molecule has 6 aromatic rings. The van der Waals surface area contributed by atoms with Crippen molar-refractivity contribution in [1.82, 2.24) is 0 Å². The molecule has 0 bridgehead atoms. The lowest BCUT2D eigenvalue weighted by molar-refractivity contribution is -0.331. The van der Waals surface area contributed by atoms with Crippen LogP contribution >= 0.6 is 0 Å². The first-order valence-corrected chi connectivity index (χ1v) is 48.1. The molecule has 0 radical (unpaired) electrons. The van der Waals surface area contributed by atoms with Gasteiger partial charge >= 0.3 is 29.8 Å². The summed E-state index contributed by atoms with van der Waals surface area (Å²) in [7, 11) is 0. The predicted molar refractivity (Wildman–Crippen MR) is 521 cm³/mol. The number of phenolic OH excluding ortho intramolecular Hbond substituents is 5. The van der Waals surface area contributed by atoms with Gasteiger partial charge in [0.1, 0.15) is 114 Å². The molecule has 6 fully saturated rings. The number of carbonyl (C=O) groups is 5. The van der Waals surface area contributed by atoms with Crippen molar-refractivity contribution in [2.45, 2.75) is 319 Å². The molecular weight excluding hydrogens is 1890 g/mol. The molecule has 6 aliphatic rings. The highest BCUT2D eigenvalue weighted by atomic mass is 16.7. The van der Waals surface area contributed by atoms with Crippen LogP contribution < -0.4 is 0 Å². The van der Waals surface area contributed by atoms with Gasteiger partial charge < -0.3 is 170 Å². The van der Waals surface area contributed by atoms with E-state index in [0.717, 1.165) is 66.2 Å². The van der Waals surface area contributed by atoms with E-state index < -0.39 is 213 Å². The molecule has 4 heterocycles. The van der Waals surface area contributed by atoms with Gasteiger partial charge in [0.25, 0.3) is 0 Å². The number of aliphatic hydroxyl groups excluding tert-OH is 16. The van der Waals surface area contributed by atoms with Gasteiger partial charge in [-0.25, -0.2) is 14.4 Å². The van der Waals surface area contributed by atoms with Crippen molar-refractivity contribution in [3.8, 4) is 28.7 Å². The number of benzene rings is 6. The van der Waals surface area contributed by atoms with Crippen LogP contribution in [0.5, 0.6) is 28.7 Å². The summed E-state index contributed by atoms with van der Waals surface area (Å²) < 4.78 is 49.6. The van der Waals surface area contributed by atoms with E-state index in [0.29, 0.717) is 59.9 Å². The molecule has 4 saturated heterocycles. The van der Waals surface area contributed by atoms with Crippen molar-refractivity contribution in [3.05, 3.63) is 195 Å². The highest BCUT2D eigenvalue weighted by Crippen LogP contribution is 2.38. The summed E-state index contributed by atoms with van der Waals surface area (Å²) in [5, 5.41) is 243. The second-order valence-electron chi connectivity index (χ2n) is 38.0. The molecule has 23 unspecified atom stereocenters. The first kappa shape index (κ1) is 123. The van der Waals surface area contributed by atoms with Gasteiger partial charge in [-0.3, -0.25) is 9.59 Å². The molecular formula is C105H150O39. The number of aliphatic carboxylic acids is 3. The van der Waals surface area contributed by atoms with E-state index in [2.05, 4.69) is 42.0 Å². The number of unbranched alkanes of at least 4 members (excludes halogenated alkanes) is 1. The minimum atomic E-state index is -1.78. The first-order chi connectivity index (χ1) is 67.7. The van der Waals surface area contributed by atoms with Crippen molar-refractivity contribution in [2.75, 3.05) is 33.0 Å². The Kier molecular flexibility index (Phi) is 50.6. The fourth-order valence-electron chi connectivity index (χ4n) is 16.5. The molecule has 0 spiro atoms. The molecule has 144 heavy (non-hydrogen) atoms. The van der Waals surface area contributed by atoms with Crippen LogP contribution in [0.15, 0.2) is 133 Å². The largest absolute Gasteiger partial charge is 0.508 e. The van der Waals surface area contributed by atoms with Gasteiger partial charge in [0, 0.05) is 24.5 Å². The summed E-state index contributed by atoms with van der Waals surface area (Å²) >= 11 is 0. The number of ether oxygens (including phenoxy) is 9. The van der Waals surface area contributed by atoms with E-state index in [1.54, 1.807) is 116 Å². The summed E-state index contributed by atoms with van der Waals surface area (Å²) in [6, 6.07) is 36.0. The van der Waals surface area contributed by atoms with E-state index in [1.807, 2.05) is 39.0 Å². The second kappa shape index (κ2) is 59.3. The van der Waals surface area contributed by atoms with Crippen LogP contribution in [0.3, 0.4) is 0 Å². The van der Waals surface area contributed by atoms with Crippen LogP contribution in [-0.2, 0) is 92.3 Å². The quantitative estimate of drug-likeness (QED) is 0.0166. The average Bonchev–Trinajstić information content (AvgIpc) is 0.796. The summed E-state index contributed by atoms with van der Waals surface area (Å²) in [5.41, 5.74) is 7.99. The average molecular weight is 2040 g/mol. The number of aliphatic hydroxyl groups is 17. The lowest BCUT2D eigenvalue weighted by Crippen LogP contribution is -2.62. The Bertz CT molecular complexity index is 4950. The van der Waals surface area contributed by atoms with Crippen LogP contribution in [-0.4, -0.2) is 349 Å². The third-order valence-electron chi connectivity index (χ3n) is 25.9. The molecule has 0 amide bonds. The van der Waals surface area contributed by atoms with Crippen LogP contribution in [0.25, 0.3) is 12.2 Å². The van der Waals surface area contributed by atoms with Crippen LogP contribution in [0, 0.1) is 64.2 Å². The van der Waals surface area contributed by atoms with Gasteiger partial charge in [-0.15, -0.1) is 0 Å². The molecule has 0 aromatic heterocycles. The molecule has 12 rings (SSSR count). The minimum Gasteiger partial charge on any atom is -0.508 e. The summed E-state index contributed by atoms with van der Waals surface area (Å²) in [6.45, 7) is 21.3. The SMILES string of the molecule is CC1CC(C)(O)CC(O)C1O.CC1OCC(O)[C@@H](O)[C@H]1O.CCCc1ccccc1.Cc1cc(CCO[C@@H]2OC(CO[C@@H]3OC(CO)[C@@H](O)[C@@H](O)C3O)[C@@H](OC(=O)/C=C/c3ccc(C)c(O)c3)[C@@H](O)C2O)ccc1O.Cc1ccc(/C=C/C(=O)OC(C(=O)O)C(C)C(=O)O)cc1O.Cc1ccc(CC(C)C(=O)O)cc1O.Cc1ccc(CCCCC2OC(CO)C(C)C(OC3CC(C)C(O)C(O)C3O)C2O)cc1O. The van der Waals surface area contributed by atoms with Gasteiger partial charge in [0.15, 0.2) is 18.7 Å². The third-order valence-corrected chi connectivity index (χ3v) is 25.9. The van der Waals surface area contributed by atoms with E-state index >= 15 is 0 Å². The van der Waals surface area contributed by atoms with Crippen molar-refractivity contribution in [3.63, 3.8) is 0 Å². The Hall–Kier alpha value is -9.81. The Balaban J connectivity index is 0.000000279. The summed E-state index contributed by atoms with van der Waals surface area (Å²) in [4.78, 5) is 56.6. The predicted octanol–water partition coefficient (Wildman–Crippen LogP) is 4.62. The number of hydrogen-bond acceptors (Lipinski definition) is 36. The molecule has 2 saturated carbocycles. The lowest BCUT2D eigenvalue weighted by Gasteiger charge is -2.47. The molecule has 31 atom stereocenters. The maximum Gasteiger partial charge on any atom is 0.345 e. The number of esters is 2. The maximum absolute atomic E-state index is 12.8. The highest BCUT2D eigenvalue weighted by molar-refractivity contribution is 5.91. The molecule has 39 heteroatoms.